The monoisotopic (exact) mass is 879 g/mol. The van der Waals surface area contributed by atoms with Gasteiger partial charge in [0.25, 0.3) is 0 Å². The molecule has 0 amide bonds. The van der Waals surface area contributed by atoms with Crippen molar-refractivity contribution in [2.24, 2.45) is 0 Å². The molecule has 2 unspecified atom stereocenters. The van der Waals surface area contributed by atoms with Gasteiger partial charge in [-0.3, -0.25) is 14.9 Å². The van der Waals surface area contributed by atoms with Gasteiger partial charge in [0.1, 0.15) is 12.1 Å². The molecule has 0 bridgehead atoms. The Morgan fingerprint density at radius 3 is 0.465 bits per heavy atom. The van der Waals surface area contributed by atoms with Gasteiger partial charge in [-0.2, -0.15) is 0 Å². The molecular weight excluding hydrogens is 871 g/mol. The van der Waals surface area contributed by atoms with Crippen molar-refractivity contribution in [1.82, 2.24) is 5.32 Å². The summed E-state index contributed by atoms with van der Waals surface area (Å²) >= 11 is 0. The van der Waals surface area contributed by atoms with Crippen molar-refractivity contribution in [1.29, 1.82) is 0 Å². The number of benzene rings is 18. The summed E-state index contributed by atoms with van der Waals surface area (Å²) in [6.07, 6.45) is 0. The van der Waals surface area contributed by atoms with E-state index in [1.807, 2.05) is 0 Å². The minimum atomic E-state index is -0.996. The van der Waals surface area contributed by atoms with Crippen LogP contribution in [0.4, 0.5) is 0 Å². The van der Waals surface area contributed by atoms with Crippen LogP contribution in [0.2, 0.25) is 0 Å². The van der Waals surface area contributed by atoms with Crippen LogP contribution < -0.4 is 5.32 Å². The highest BCUT2D eigenvalue weighted by Crippen LogP contribution is 2.86. The summed E-state index contributed by atoms with van der Waals surface area (Å²) in [5, 5.41) is 84.6. The third kappa shape index (κ3) is 1.40. The van der Waals surface area contributed by atoms with Crippen molar-refractivity contribution in [2.75, 3.05) is 14.2 Å². The van der Waals surface area contributed by atoms with E-state index in [0.29, 0.717) is 0 Å². The van der Waals surface area contributed by atoms with E-state index in [4.69, 9.17) is 9.47 Å². The molecule has 1 N–H and O–H groups in total. The van der Waals surface area contributed by atoms with E-state index in [1.54, 1.807) is 89.6 Å². The van der Waals surface area contributed by atoms with Crippen molar-refractivity contribution in [3.63, 3.8) is 0 Å². The topological polar surface area (TPSA) is 64.6 Å². The van der Waals surface area contributed by atoms with E-state index >= 15 is 9.59 Å². The Kier molecular flexibility index (Phi) is 2.29. The Hall–Kier alpha value is -8.64. The van der Waals surface area contributed by atoms with Crippen molar-refractivity contribution in [2.45, 2.75) is 22.9 Å². The van der Waals surface area contributed by atoms with Crippen LogP contribution in [0, 0.1) is 0 Å². The van der Waals surface area contributed by atoms with Gasteiger partial charge < -0.3 is 9.47 Å². The van der Waals surface area contributed by atoms with Crippen LogP contribution in [-0.4, -0.2) is 38.2 Å². The standard InChI is InChI=1S/C66H9NO4/c1-70-63(68)61-65-57-49-41-31-21-13-5-3-4-7-11-9(5)17-25-19(11)29-23-15(7)16-8(4)12-10-6(3)14(13)22-28-18(10)26-20(12)30-24(16)34-33(23)43-37(29)47-39(25)45(35(41)27(17)21)53(57)55(47)59-51(43)52-44(34)38(30)48-40(26)46-36(28)42(32(22)31)50(49)58(65)54(46)56(48)60(52)66(59,65)62(67-61)64(69)71-2/h61-62,67H,1-2H3. The number of esters is 2. The SMILES string of the molecule is COC(=O)C1NC(C(=O)OC)C23c4c5c6c7c8c9c(c%10c%11c2c2c4c4c%12c5c5c6c6c8c8c%13c9c9c%10c%10c%11c%11c2c2c4c4c%12c%12c5c5c6c8c6c8c%13c9c9c%10c%10c%11c2c2c4c4c%12c5c6c5c8c9c%10c2c45)C713. The number of ether oxygens (including phenoxy) is 2. The van der Waals surface area contributed by atoms with Crippen molar-refractivity contribution in [3.05, 3.63) is 22.3 Å². The lowest BCUT2D eigenvalue weighted by Crippen LogP contribution is -2.59. The molecule has 1 fully saturated rings. The van der Waals surface area contributed by atoms with E-state index in [0.717, 1.165) is 0 Å². The van der Waals surface area contributed by atoms with Crippen molar-refractivity contribution in [3.8, 4) is 0 Å². The molecular formula is C66H9NO4. The van der Waals surface area contributed by atoms with Crippen molar-refractivity contribution < 1.29 is 19.1 Å². The zero-order chi connectivity index (χ0) is 42.9. The Morgan fingerprint density at radius 2 is 0.352 bits per heavy atom. The highest BCUT2D eigenvalue weighted by atomic mass is 16.5. The number of carbonyl (C=O) groups is 2. The quantitative estimate of drug-likeness (QED) is 0.138. The number of hydrogen-bond acceptors (Lipinski definition) is 5. The fraction of sp³-hybridized carbons (Fsp3) is 0.0909. The molecule has 5 heteroatoms. The zero-order valence-electron chi connectivity index (χ0n) is 36.3. The van der Waals surface area contributed by atoms with Crippen LogP contribution in [0.25, 0.3) is 291 Å². The van der Waals surface area contributed by atoms with Gasteiger partial charge in [0, 0.05) is 0 Å². The molecule has 28 aromatic rings. The predicted octanol–water partition coefficient (Wildman–Crippen LogP) is 15.0. The second kappa shape index (κ2) is 6.04. The Morgan fingerprint density at radius 1 is 0.239 bits per heavy atom. The second-order valence-corrected chi connectivity index (χ2v) is 25.4. The summed E-state index contributed by atoms with van der Waals surface area (Å²) in [5.41, 5.74) is 3.29. The van der Waals surface area contributed by atoms with Gasteiger partial charge in [0.05, 0.1) is 25.0 Å². The first-order valence-electron chi connectivity index (χ1n) is 25.9. The number of carbonyl (C=O) groups excluding carboxylic acids is 2. The van der Waals surface area contributed by atoms with E-state index in [2.05, 4.69) is 5.32 Å². The van der Waals surface area contributed by atoms with Gasteiger partial charge in [0.15, 0.2) is 0 Å². The average Bonchev–Trinajstić information content (AvgIpc) is 4.35. The van der Waals surface area contributed by atoms with Crippen molar-refractivity contribution >= 4 is 303 Å². The van der Waals surface area contributed by atoms with Gasteiger partial charge in [-0.1, -0.05) is 0 Å². The highest BCUT2D eigenvalue weighted by Gasteiger charge is 2.80. The maximum absolute atomic E-state index is 15.8. The lowest BCUT2D eigenvalue weighted by Gasteiger charge is -2.52. The molecule has 302 valence electrons. The number of hydrogen-bond donors (Lipinski definition) is 1. The lowest BCUT2D eigenvalue weighted by atomic mass is 9.46. The molecule has 28 aromatic carbocycles. The normalized spacial score (nSPS) is 24.4. The third-order valence-electron chi connectivity index (χ3n) is 25.5. The summed E-state index contributed by atoms with van der Waals surface area (Å²) in [5.74, 6) is -0.568. The van der Waals surface area contributed by atoms with Gasteiger partial charge in [-0.25, -0.2) is 0 Å². The Balaban J connectivity index is 1.20. The van der Waals surface area contributed by atoms with Crippen LogP contribution in [0.3, 0.4) is 0 Å². The van der Waals surface area contributed by atoms with Crippen LogP contribution >= 0.6 is 0 Å². The van der Waals surface area contributed by atoms with Crippen LogP contribution in [0.5, 0.6) is 0 Å². The predicted molar refractivity (Wildman–Crippen MR) is 289 cm³/mol. The van der Waals surface area contributed by atoms with E-state index in [-0.39, 0.29) is 11.9 Å². The minimum absolute atomic E-state index is 0.284. The summed E-state index contributed by atoms with van der Waals surface area (Å²) in [6, 6.07) is -1.68. The first-order chi connectivity index (χ1) is 35.2. The number of rotatable bonds is 2. The third-order valence-corrected chi connectivity index (χ3v) is 25.5. The molecule has 33 rings (SSSR count). The molecule has 1 heterocycles. The fourth-order valence-corrected chi connectivity index (χ4v) is 25.5. The molecule has 5 nitrogen and oxygen atoms in total. The van der Waals surface area contributed by atoms with E-state index < -0.39 is 22.9 Å². The zero-order valence-corrected chi connectivity index (χ0v) is 36.3. The minimum Gasteiger partial charge on any atom is -0.468 e. The molecule has 4 aliphatic carbocycles. The molecule has 2 spiro atoms. The fourth-order valence-electron chi connectivity index (χ4n) is 25.5. The maximum atomic E-state index is 15.8. The summed E-state index contributed by atoms with van der Waals surface area (Å²) in [6.45, 7) is 0. The Labute approximate surface area is 384 Å². The van der Waals surface area contributed by atoms with Gasteiger partial charge in [-0.15, -0.1) is 0 Å². The van der Waals surface area contributed by atoms with Gasteiger partial charge >= 0.3 is 11.9 Å². The number of methoxy groups -OCH3 is 2. The first-order valence-corrected chi connectivity index (χ1v) is 25.9. The smallest absolute Gasteiger partial charge is 0.324 e. The van der Waals surface area contributed by atoms with Crippen LogP contribution in [0.15, 0.2) is 0 Å². The molecule has 2 atom stereocenters. The Bertz CT molecular complexity index is 6710. The lowest BCUT2D eigenvalue weighted by molar-refractivity contribution is -0.144. The highest BCUT2D eigenvalue weighted by molar-refractivity contribution is 6.82. The molecule has 0 radical (unpaired) electrons. The van der Waals surface area contributed by atoms with E-state index in [9.17, 15) is 0 Å². The largest absolute Gasteiger partial charge is 0.468 e. The molecule has 1 aliphatic heterocycles. The summed E-state index contributed by atoms with van der Waals surface area (Å²) in [7, 11) is 3.15. The molecule has 1 saturated heterocycles. The van der Waals surface area contributed by atoms with Crippen LogP contribution in [0.1, 0.15) is 22.3 Å². The van der Waals surface area contributed by atoms with Gasteiger partial charge in [0.2, 0.25) is 0 Å². The van der Waals surface area contributed by atoms with E-state index in [1.165, 1.54) is 238 Å². The first kappa shape index (κ1) is 26.9. The molecule has 5 aliphatic rings. The molecule has 71 heavy (non-hydrogen) atoms. The maximum Gasteiger partial charge on any atom is 0.324 e. The summed E-state index contributed by atoms with van der Waals surface area (Å²) < 4.78 is 12.4. The van der Waals surface area contributed by atoms with Gasteiger partial charge in [-0.05, 0) is 313 Å². The van der Waals surface area contributed by atoms with Crippen LogP contribution in [-0.2, 0) is 29.9 Å². The molecule has 0 saturated carbocycles. The average molecular weight is 880 g/mol. The second-order valence-electron chi connectivity index (χ2n) is 25.4. The molecule has 0 aromatic heterocycles. The number of nitrogens with one attached hydrogen (secondary N) is 1. The summed E-state index contributed by atoms with van der Waals surface area (Å²) in [4.78, 5) is 31.5.